The van der Waals surface area contributed by atoms with Gasteiger partial charge in [-0.3, -0.25) is 9.88 Å². The summed E-state index contributed by atoms with van der Waals surface area (Å²) < 4.78 is 0. The number of carbonyl (C=O) groups is 1. The molecule has 1 aromatic carbocycles. The van der Waals surface area contributed by atoms with E-state index < -0.39 is 12.1 Å². The first-order valence-corrected chi connectivity index (χ1v) is 10.4. The number of primary amides is 1. The van der Waals surface area contributed by atoms with Crippen molar-refractivity contribution in [2.75, 3.05) is 10.2 Å². The minimum absolute atomic E-state index is 0.291. The van der Waals surface area contributed by atoms with E-state index in [2.05, 4.69) is 20.3 Å². The number of hydrogen-bond acceptors (Lipinski definition) is 6. The molecule has 0 radical (unpaired) electrons. The Morgan fingerprint density at radius 2 is 1.94 bits per heavy atom. The molecule has 0 bridgehead atoms. The van der Waals surface area contributed by atoms with Crippen LogP contribution in [0.15, 0.2) is 61.2 Å². The number of nitrogens with one attached hydrogen (secondary N) is 1. The second-order valence-corrected chi connectivity index (χ2v) is 7.69. The topological polar surface area (TPSA) is 117 Å². The zero-order valence-electron chi connectivity index (χ0n) is 17.2. The molecule has 2 aromatic heterocycles. The van der Waals surface area contributed by atoms with Crippen LogP contribution in [-0.2, 0) is 6.54 Å². The van der Waals surface area contributed by atoms with Crippen molar-refractivity contribution in [3.8, 4) is 11.4 Å². The standard InChI is InChI=1S/C23H26N6O2/c24-23(31)29(20-7-1-2-8-21(20)30)19-6-3-5-16(11-19)13-28-18-12-17(14-25-15-18)22-26-9-4-10-27-22/h3-6,9-12,14-15,20-21,28,30H,1-2,7-8,13H2,(H2,24,31)/t20-,21+/m1/s1. The molecule has 160 valence electrons. The Morgan fingerprint density at radius 3 is 2.71 bits per heavy atom. The molecule has 1 aliphatic carbocycles. The maximum Gasteiger partial charge on any atom is 0.319 e. The van der Waals surface area contributed by atoms with Crippen LogP contribution in [0.2, 0.25) is 0 Å². The molecule has 2 atom stereocenters. The van der Waals surface area contributed by atoms with Crippen molar-refractivity contribution in [2.24, 2.45) is 5.73 Å². The van der Waals surface area contributed by atoms with Gasteiger partial charge in [-0.2, -0.15) is 0 Å². The van der Waals surface area contributed by atoms with E-state index in [0.29, 0.717) is 24.5 Å². The number of rotatable bonds is 6. The molecule has 4 N–H and O–H groups in total. The van der Waals surface area contributed by atoms with E-state index in [4.69, 9.17) is 5.73 Å². The molecule has 2 heterocycles. The van der Waals surface area contributed by atoms with E-state index in [9.17, 15) is 9.90 Å². The number of hydrogen-bond donors (Lipinski definition) is 3. The summed E-state index contributed by atoms with van der Waals surface area (Å²) >= 11 is 0. The van der Waals surface area contributed by atoms with E-state index in [-0.39, 0.29) is 6.04 Å². The average Bonchev–Trinajstić information content (AvgIpc) is 2.80. The predicted molar refractivity (Wildman–Crippen MR) is 119 cm³/mol. The van der Waals surface area contributed by atoms with Crippen molar-refractivity contribution >= 4 is 17.4 Å². The second-order valence-electron chi connectivity index (χ2n) is 7.69. The van der Waals surface area contributed by atoms with Gasteiger partial charge in [0.05, 0.1) is 17.8 Å². The first kappa shape index (κ1) is 20.7. The summed E-state index contributed by atoms with van der Waals surface area (Å²) in [4.78, 5) is 26.5. The van der Waals surface area contributed by atoms with E-state index in [1.54, 1.807) is 30.9 Å². The summed E-state index contributed by atoms with van der Waals surface area (Å²) in [5.41, 5.74) is 9.03. The first-order valence-electron chi connectivity index (χ1n) is 10.4. The largest absolute Gasteiger partial charge is 0.391 e. The number of aliphatic hydroxyl groups excluding tert-OH is 1. The number of carbonyl (C=O) groups excluding carboxylic acids is 1. The fourth-order valence-electron chi connectivity index (χ4n) is 4.00. The Morgan fingerprint density at radius 1 is 1.13 bits per heavy atom. The predicted octanol–water partition coefficient (Wildman–Crippen LogP) is 3.34. The number of amides is 2. The third kappa shape index (κ3) is 4.97. The summed E-state index contributed by atoms with van der Waals surface area (Å²) in [5, 5.41) is 13.8. The van der Waals surface area contributed by atoms with Crippen LogP contribution in [0.5, 0.6) is 0 Å². The number of aromatic nitrogens is 3. The Bertz CT molecular complexity index is 1030. The molecule has 0 saturated heterocycles. The summed E-state index contributed by atoms with van der Waals surface area (Å²) in [7, 11) is 0. The monoisotopic (exact) mass is 418 g/mol. The van der Waals surface area contributed by atoms with Crippen molar-refractivity contribution in [1.29, 1.82) is 0 Å². The fourth-order valence-corrected chi connectivity index (χ4v) is 4.00. The molecule has 3 aromatic rings. The van der Waals surface area contributed by atoms with Crippen LogP contribution < -0.4 is 16.0 Å². The SMILES string of the molecule is NC(=O)N(c1cccc(CNc2cncc(-c3ncccn3)c2)c1)[C@@H]1CCCC[C@@H]1O. The molecule has 1 saturated carbocycles. The van der Waals surface area contributed by atoms with Gasteiger partial charge in [0.1, 0.15) is 0 Å². The highest BCUT2D eigenvalue weighted by Crippen LogP contribution is 2.28. The molecule has 4 rings (SSSR count). The number of benzene rings is 1. The van der Waals surface area contributed by atoms with Crippen LogP contribution in [0, 0.1) is 0 Å². The minimum atomic E-state index is -0.558. The van der Waals surface area contributed by atoms with Crippen molar-refractivity contribution in [3.63, 3.8) is 0 Å². The van der Waals surface area contributed by atoms with Crippen LogP contribution in [0.1, 0.15) is 31.2 Å². The zero-order valence-corrected chi connectivity index (χ0v) is 17.2. The van der Waals surface area contributed by atoms with E-state index in [0.717, 1.165) is 36.1 Å². The maximum absolute atomic E-state index is 12.2. The number of nitrogens with two attached hydrogens (primary N) is 1. The smallest absolute Gasteiger partial charge is 0.319 e. The Balaban J connectivity index is 1.49. The lowest BCUT2D eigenvalue weighted by molar-refractivity contribution is 0.106. The normalized spacial score (nSPS) is 18.4. The van der Waals surface area contributed by atoms with Crippen molar-refractivity contribution in [3.05, 3.63) is 66.7 Å². The van der Waals surface area contributed by atoms with Crippen LogP contribution in [0.25, 0.3) is 11.4 Å². The quantitative estimate of drug-likeness (QED) is 0.565. The Hall–Kier alpha value is -3.52. The van der Waals surface area contributed by atoms with E-state index >= 15 is 0 Å². The Labute approximate surface area is 181 Å². The van der Waals surface area contributed by atoms with Gasteiger partial charge in [0.15, 0.2) is 5.82 Å². The summed E-state index contributed by atoms with van der Waals surface area (Å²) in [6.07, 6.45) is 9.67. The van der Waals surface area contributed by atoms with E-state index in [1.165, 1.54) is 4.90 Å². The summed E-state index contributed by atoms with van der Waals surface area (Å²) in [6.45, 7) is 0.536. The summed E-state index contributed by atoms with van der Waals surface area (Å²) in [5.74, 6) is 0.615. The van der Waals surface area contributed by atoms with Gasteiger partial charge in [-0.1, -0.05) is 25.0 Å². The van der Waals surface area contributed by atoms with E-state index in [1.807, 2.05) is 30.3 Å². The van der Waals surface area contributed by atoms with Crippen molar-refractivity contribution in [2.45, 2.75) is 44.4 Å². The average molecular weight is 419 g/mol. The molecule has 0 aliphatic heterocycles. The van der Waals surface area contributed by atoms with Gasteiger partial charge in [0.25, 0.3) is 0 Å². The van der Waals surface area contributed by atoms with Crippen molar-refractivity contribution < 1.29 is 9.90 Å². The van der Waals surface area contributed by atoms with Gasteiger partial charge in [0, 0.05) is 42.6 Å². The summed E-state index contributed by atoms with van der Waals surface area (Å²) in [6, 6.07) is 10.5. The van der Waals surface area contributed by atoms with Gasteiger partial charge in [-0.15, -0.1) is 0 Å². The lowest BCUT2D eigenvalue weighted by Crippen LogP contribution is -2.51. The lowest BCUT2D eigenvalue weighted by Gasteiger charge is -2.36. The molecular formula is C23H26N6O2. The second kappa shape index (κ2) is 9.53. The van der Waals surface area contributed by atoms with Crippen LogP contribution in [0.3, 0.4) is 0 Å². The highest BCUT2D eigenvalue weighted by Gasteiger charge is 2.32. The number of urea groups is 1. The van der Waals surface area contributed by atoms with Gasteiger partial charge in [-0.25, -0.2) is 14.8 Å². The molecule has 0 unspecified atom stereocenters. The Kier molecular flexibility index (Phi) is 6.37. The third-order valence-corrected chi connectivity index (χ3v) is 5.51. The molecule has 1 fully saturated rings. The first-order chi connectivity index (χ1) is 15.1. The molecule has 8 heteroatoms. The molecular weight excluding hydrogens is 392 g/mol. The number of nitrogens with zero attached hydrogens (tertiary/aromatic N) is 4. The van der Waals surface area contributed by atoms with Gasteiger partial charge in [0.2, 0.25) is 0 Å². The lowest BCUT2D eigenvalue weighted by atomic mass is 9.91. The minimum Gasteiger partial charge on any atom is -0.391 e. The maximum atomic E-state index is 12.2. The number of aliphatic hydroxyl groups is 1. The zero-order chi connectivity index (χ0) is 21.6. The van der Waals surface area contributed by atoms with Gasteiger partial charge >= 0.3 is 6.03 Å². The highest BCUT2D eigenvalue weighted by molar-refractivity contribution is 5.91. The van der Waals surface area contributed by atoms with Crippen LogP contribution in [-0.4, -0.2) is 38.2 Å². The number of anilines is 2. The molecule has 2 amide bonds. The molecule has 1 aliphatic rings. The number of pyridine rings is 1. The third-order valence-electron chi connectivity index (χ3n) is 5.51. The molecule has 8 nitrogen and oxygen atoms in total. The fraction of sp³-hybridized carbons (Fsp3) is 0.304. The van der Waals surface area contributed by atoms with Gasteiger partial charge in [-0.05, 0) is 42.7 Å². The van der Waals surface area contributed by atoms with Crippen LogP contribution in [0.4, 0.5) is 16.2 Å². The molecule has 0 spiro atoms. The van der Waals surface area contributed by atoms with Crippen LogP contribution >= 0.6 is 0 Å². The van der Waals surface area contributed by atoms with Gasteiger partial charge < -0.3 is 16.2 Å². The highest BCUT2D eigenvalue weighted by atomic mass is 16.3. The van der Waals surface area contributed by atoms with Crippen molar-refractivity contribution in [1.82, 2.24) is 15.0 Å². The molecule has 31 heavy (non-hydrogen) atoms.